The Labute approximate surface area is 118 Å². The molecule has 1 aliphatic rings. The van der Waals surface area contributed by atoms with Gasteiger partial charge in [0.05, 0.1) is 17.4 Å². The molecular weight excluding hydrogens is 259 g/mol. The van der Waals surface area contributed by atoms with E-state index in [-0.39, 0.29) is 17.7 Å². The van der Waals surface area contributed by atoms with Crippen molar-refractivity contribution in [2.75, 3.05) is 25.0 Å². The second-order valence-electron chi connectivity index (χ2n) is 5.11. The minimum absolute atomic E-state index is 0.171. The molecule has 1 amide bonds. The van der Waals surface area contributed by atoms with E-state index in [2.05, 4.69) is 5.32 Å². The molecule has 1 saturated heterocycles. The molecule has 0 bridgehead atoms. The number of hydrogen-bond donors (Lipinski definition) is 2. The molecule has 0 aromatic heterocycles. The number of aliphatic hydroxyl groups excluding tert-OH is 1. The summed E-state index contributed by atoms with van der Waals surface area (Å²) in [4.78, 5) is 14.2. The summed E-state index contributed by atoms with van der Waals surface area (Å²) in [6.45, 7) is 3.65. The van der Waals surface area contributed by atoms with E-state index in [0.717, 1.165) is 6.42 Å². The lowest BCUT2D eigenvalue weighted by molar-refractivity contribution is 0.0547. The van der Waals surface area contributed by atoms with Gasteiger partial charge >= 0.3 is 0 Å². The Kier molecular flexibility index (Phi) is 4.95. The molecule has 0 radical (unpaired) electrons. The Morgan fingerprint density at radius 3 is 2.80 bits per heavy atom. The SMILES string of the molecule is CCCNc1c(F)cccc1C(=O)N1CCC(O)CC1. The summed E-state index contributed by atoms with van der Waals surface area (Å²) in [5.74, 6) is -0.573. The number of para-hydroxylation sites is 1. The number of piperidine rings is 1. The van der Waals surface area contributed by atoms with Crippen LogP contribution in [0.2, 0.25) is 0 Å². The molecule has 1 aromatic rings. The molecule has 0 aliphatic carbocycles. The Hall–Kier alpha value is -1.62. The summed E-state index contributed by atoms with van der Waals surface area (Å²) in [6, 6.07) is 4.56. The Morgan fingerprint density at radius 2 is 2.15 bits per heavy atom. The van der Waals surface area contributed by atoms with E-state index in [1.807, 2.05) is 6.92 Å². The van der Waals surface area contributed by atoms with Gasteiger partial charge in [-0.05, 0) is 31.4 Å². The van der Waals surface area contributed by atoms with Gasteiger partial charge in [0.2, 0.25) is 0 Å². The highest BCUT2D eigenvalue weighted by Crippen LogP contribution is 2.23. The smallest absolute Gasteiger partial charge is 0.256 e. The van der Waals surface area contributed by atoms with Crippen molar-refractivity contribution in [3.63, 3.8) is 0 Å². The minimum Gasteiger partial charge on any atom is -0.393 e. The molecule has 0 unspecified atom stereocenters. The monoisotopic (exact) mass is 280 g/mol. The molecule has 20 heavy (non-hydrogen) atoms. The highest BCUT2D eigenvalue weighted by atomic mass is 19.1. The summed E-state index contributed by atoms with van der Waals surface area (Å²) in [7, 11) is 0. The average molecular weight is 280 g/mol. The molecule has 1 aromatic carbocycles. The second kappa shape index (κ2) is 6.70. The van der Waals surface area contributed by atoms with Crippen molar-refractivity contribution in [1.82, 2.24) is 4.90 Å². The fourth-order valence-corrected chi connectivity index (χ4v) is 2.37. The van der Waals surface area contributed by atoms with Crippen LogP contribution in [0.5, 0.6) is 0 Å². The van der Waals surface area contributed by atoms with E-state index < -0.39 is 5.82 Å². The lowest BCUT2D eigenvalue weighted by Gasteiger charge is -2.30. The number of nitrogens with zero attached hydrogens (tertiary/aromatic N) is 1. The van der Waals surface area contributed by atoms with Crippen molar-refractivity contribution in [3.05, 3.63) is 29.6 Å². The summed E-state index contributed by atoms with van der Waals surface area (Å²) < 4.78 is 13.9. The highest BCUT2D eigenvalue weighted by Gasteiger charge is 2.24. The van der Waals surface area contributed by atoms with E-state index in [9.17, 15) is 14.3 Å². The van der Waals surface area contributed by atoms with Gasteiger partial charge < -0.3 is 15.3 Å². The molecule has 1 aliphatic heterocycles. The summed E-state index contributed by atoms with van der Waals surface area (Å²) in [6.07, 6.45) is 1.69. The fraction of sp³-hybridized carbons (Fsp3) is 0.533. The largest absolute Gasteiger partial charge is 0.393 e. The lowest BCUT2D eigenvalue weighted by atomic mass is 10.1. The van der Waals surface area contributed by atoms with Gasteiger partial charge in [-0.2, -0.15) is 0 Å². The molecule has 0 saturated carbocycles. The van der Waals surface area contributed by atoms with Crippen LogP contribution in [0.4, 0.5) is 10.1 Å². The molecule has 2 N–H and O–H groups in total. The number of benzene rings is 1. The number of nitrogens with one attached hydrogen (secondary N) is 1. The van der Waals surface area contributed by atoms with Crippen molar-refractivity contribution >= 4 is 11.6 Å². The maximum absolute atomic E-state index is 13.9. The quantitative estimate of drug-likeness (QED) is 0.889. The third kappa shape index (κ3) is 3.28. The number of aliphatic hydroxyl groups is 1. The number of likely N-dealkylation sites (tertiary alicyclic amines) is 1. The van der Waals surface area contributed by atoms with Gasteiger partial charge in [-0.3, -0.25) is 4.79 Å². The van der Waals surface area contributed by atoms with Gasteiger partial charge in [0.15, 0.2) is 0 Å². The third-order valence-electron chi connectivity index (χ3n) is 3.55. The maximum Gasteiger partial charge on any atom is 0.256 e. The van der Waals surface area contributed by atoms with Gasteiger partial charge in [0.25, 0.3) is 5.91 Å². The first-order chi connectivity index (χ1) is 9.63. The van der Waals surface area contributed by atoms with E-state index in [1.165, 1.54) is 6.07 Å². The van der Waals surface area contributed by atoms with Gasteiger partial charge in [-0.25, -0.2) is 4.39 Å². The Morgan fingerprint density at radius 1 is 1.45 bits per heavy atom. The van der Waals surface area contributed by atoms with Crippen molar-refractivity contribution in [1.29, 1.82) is 0 Å². The molecule has 0 atom stereocenters. The third-order valence-corrected chi connectivity index (χ3v) is 3.55. The number of anilines is 1. The molecule has 1 fully saturated rings. The zero-order valence-corrected chi connectivity index (χ0v) is 11.7. The van der Waals surface area contributed by atoms with E-state index in [4.69, 9.17) is 0 Å². The number of carbonyl (C=O) groups excluding carboxylic acids is 1. The molecule has 4 nitrogen and oxygen atoms in total. The van der Waals surface area contributed by atoms with Crippen LogP contribution >= 0.6 is 0 Å². The zero-order valence-electron chi connectivity index (χ0n) is 11.7. The van der Waals surface area contributed by atoms with Crippen molar-refractivity contribution in [3.8, 4) is 0 Å². The van der Waals surface area contributed by atoms with Crippen molar-refractivity contribution in [2.24, 2.45) is 0 Å². The minimum atomic E-state index is -0.402. The van der Waals surface area contributed by atoms with E-state index in [0.29, 0.717) is 38.0 Å². The van der Waals surface area contributed by atoms with Crippen LogP contribution in [0.3, 0.4) is 0 Å². The summed E-state index contributed by atoms with van der Waals surface area (Å²) >= 11 is 0. The van der Waals surface area contributed by atoms with Gasteiger partial charge in [-0.15, -0.1) is 0 Å². The Balaban J connectivity index is 2.18. The van der Waals surface area contributed by atoms with Crippen molar-refractivity contribution in [2.45, 2.75) is 32.3 Å². The van der Waals surface area contributed by atoms with E-state index in [1.54, 1.807) is 17.0 Å². The standard InChI is InChI=1S/C15H21FN2O2/c1-2-8-17-14-12(4-3-5-13(14)16)15(20)18-9-6-11(19)7-10-18/h3-5,11,17,19H,2,6-10H2,1H3. The van der Waals surface area contributed by atoms with Crippen LogP contribution in [0.25, 0.3) is 0 Å². The first-order valence-corrected chi connectivity index (χ1v) is 7.13. The van der Waals surface area contributed by atoms with Crippen LogP contribution in [0.1, 0.15) is 36.5 Å². The van der Waals surface area contributed by atoms with Gasteiger partial charge in [0, 0.05) is 19.6 Å². The first kappa shape index (κ1) is 14.8. The lowest BCUT2D eigenvalue weighted by Crippen LogP contribution is -2.40. The van der Waals surface area contributed by atoms with Gasteiger partial charge in [0.1, 0.15) is 5.82 Å². The van der Waals surface area contributed by atoms with Gasteiger partial charge in [-0.1, -0.05) is 13.0 Å². The second-order valence-corrected chi connectivity index (χ2v) is 5.11. The highest BCUT2D eigenvalue weighted by molar-refractivity contribution is 5.99. The predicted molar refractivity (Wildman–Crippen MR) is 76.3 cm³/mol. The van der Waals surface area contributed by atoms with Crippen molar-refractivity contribution < 1.29 is 14.3 Å². The topological polar surface area (TPSA) is 52.6 Å². The number of halogens is 1. The number of rotatable bonds is 4. The molecule has 110 valence electrons. The first-order valence-electron chi connectivity index (χ1n) is 7.13. The predicted octanol–water partition coefficient (Wildman–Crippen LogP) is 2.24. The van der Waals surface area contributed by atoms with Crippen LogP contribution in [0, 0.1) is 5.82 Å². The fourth-order valence-electron chi connectivity index (χ4n) is 2.37. The normalized spacial score (nSPS) is 16.2. The Bertz CT molecular complexity index is 471. The number of amides is 1. The van der Waals surface area contributed by atoms with Crippen LogP contribution in [-0.2, 0) is 0 Å². The van der Waals surface area contributed by atoms with Crippen LogP contribution < -0.4 is 5.32 Å². The number of carbonyl (C=O) groups is 1. The van der Waals surface area contributed by atoms with Crippen LogP contribution in [-0.4, -0.2) is 41.7 Å². The average Bonchev–Trinajstić information content (AvgIpc) is 2.46. The molecule has 1 heterocycles. The summed E-state index contributed by atoms with van der Waals surface area (Å²) in [5, 5.41) is 12.5. The molecule has 0 spiro atoms. The number of hydrogen-bond acceptors (Lipinski definition) is 3. The zero-order chi connectivity index (χ0) is 14.5. The van der Waals surface area contributed by atoms with E-state index >= 15 is 0 Å². The molecule has 2 rings (SSSR count). The molecular formula is C15H21FN2O2. The molecule has 5 heteroatoms. The summed E-state index contributed by atoms with van der Waals surface area (Å²) in [5.41, 5.74) is 0.653. The van der Waals surface area contributed by atoms with Crippen LogP contribution in [0.15, 0.2) is 18.2 Å². The maximum atomic E-state index is 13.9.